The molecule has 1 N–H and O–H groups in total. The Balaban J connectivity index is 1.91. The van der Waals surface area contributed by atoms with Crippen LogP contribution in [0.25, 0.3) is 5.76 Å². The summed E-state index contributed by atoms with van der Waals surface area (Å²) >= 11 is 0. The number of non-ortho nitro benzene ring substituents is 1. The van der Waals surface area contributed by atoms with Crippen LogP contribution in [0.1, 0.15) is 29.7 Å². The van der Waals surface area contributed by atoms with Crippen LogP contribution >= 0.6 is 0 Å². The highest BCUT2D eigenvalue weighted by molar-refractivity contribution is 6.51. The second-order valence-corrected chi connectivity index (χ2v) is 7.77. The zero-order valence-electron chi connectivity index (χ0n) is 18.6. The van der Waals surface area contributed by atoms with Crippen molar-refractivity contribution in [3.05, 3.63) is 105 Å². The van der Waals surface area contributed by atoms with Crippen LogP contribution in [0.4, 0.5) is 11.4 Å². The van der Waals surface area contributed by atoms with Crippen molar-refractivity contribution >= 4 is 28.8 Å². The summed E-state index contributed by atoms with van der Waals surface area (Å²) in [5.41, 5.74) is 2.09. The number of aliphatic hydroxyl groups excluding tert-OH is 1. The van der Waals surface area contributed by atoms with Gasteiger partial charge < -0.3 is 9.84 Å². The molecule has 0 bridgehead atoms. The zero-order valence-corrected chi connectivity index (χ0v) is 18.6. The Morgan fingerprint density at radius 3 is 2.32 bits per heavy atom. The zero-order chi connectivity index (χ0) is 24.4. The van der Waals surface area contributed by atoms with Gasteiger partial charge in [0.25, 0.3) is 17.4 Å². The van der Waals surface area contributed by atoms with Gasteiger partial charge in [-0.1, -0.05) is 31.2 Å². The summed E-state index contributed by atoms with van der Waals surface area (Å²) in [4.78, 5) is 38.2. The molecule has 3 aromatic rings. The molecule has 1 fully saturated rings. The first-order valence-corrected chi connectivity index (χ1v) is 10.6. The number of hydrogen-bond acceptors (Lipinski definition) is 6. The van der Waals surface area contributed by atoms with Gasteiger partial charge in [0.05, 0.1) is 23.6 Å². The van der Waals surface area contributed by atoms with E-state index in [1.165, 1.54) is 36.3 Å². The van der Waals surface area contributed by atoms with Crippen molar-refractivity contribution in [1.82, 2.24) is 0 Å². The summed E-state index contributed by atoms with van der Waals surface area (Å²) in [7, 11) is 1.51. The molecule has 3 aromatic carbocycles. The van der Waals surface area contributed by atoms with Crippen LogP contribution in [0.3, 0.4) is 0 Å². The minimum absolute atomic E-state index is 0.105. The molecule has 1 unspecified atom stereocenters. The molecule has 1 atom stereocenters. The lowest BCUT2D eigenvalue weighted by Crippen LogP contribution is -2.29. The van der Waals surface area contributed by atoms with Crippen LogP contribution in [-0.2, 0) is 16.0 Å². The molecular formula is C26H22N2O6. The van der Waals surface area contributed by atoms with Crippen LogP contribution in [0, 0.1) is 10.1 Å². The van der Waals surface area contributed by atoms with Gasteiger partial charge in [-0.3, -0.25) is 24.6 Å². The van der Waals surface area contributed by atoms with Crippen molar-refractivity contribution in [3.63, 3.8) is 0 Å². The molecule has 8 heteroatoms. The highest BCUT2D eigenvalue weighted by Crippen LogP contribution is 2.43. The Morgan fingerprint density at radius 2 is 1.74 bits per heavy atom. The fourth-order valence-corrected chi connectivity index (χ4v) is 4.01. The van der Waals surface area contributed by atoms with Gasteiger partial charge in [0.2, 0.25) is 0 Å². The number of methoxy groups -OCH3 is 1. The van der Waals surface area contributed by atoms with Crippen molar-refractivity contribution in [2.75, 3.05) is 12.0 Å². The minimum Gasteiger partial charge on any atom is -0.507 e. The first kappa shape index (κ1) is 22.7. The van der Waals surface area contributed by atoms with E-state index in [-0.39, 0.29) is 16.8 Å². The monoisotopic (exact) mass is 458 g/mol. The first-order chi connectivity index (χ1) is 16.3. The molecule has 8 nitrogen and oxygen atoms in total. The lowest BCUT2D eigenvalue weighted by molar-refractivity contribution is -0.384. The number of rotatable bonds is 6. The smallest absolute Gasteiger partial charge is 0.300 e. The molecule has 0 saturated carbocycles. The summed E-state index contributed by atoms with van der Waals surface area (Å²) in [5.74, 6) is -1.50. The Bertz CT molecular complexity index is 1300. The highest BCUT2D eigenvalue weighted by atomic mass is 16.6. The molecule has 1 aliphatic heterocycles. The van der Waals surface area contributed by atoms with Crippen LogP contribution in [0.2, 0.25) is 0 Å². The van der Waals surface area contributed by atoms with Crippen molar-refractivity contribution in [1.29, 1.82) is 0 Å². The van der Waals surface area contributed by atoms with Crippen molar-refractivity contribution in [3.8, 4) is 5.75 Å². The Hall–Kier alpha value is -4.46. The number of ketones is 1. The number of nitrogens with zero attached hydrogens (tertiary/aromatic N) is 2. The maximum absolute atomic E-state index is 13.2. The Labute approximate surface area is 195 Å². The van der Waals surface area contributed by atoms with E-state index in [0.29, 0.717) is 17.0 Å². The fourth-order valence-electron chi connectivity index (χ4n) is 4.01. The van der Waals surface area contributed by atoms with E-state index in [4.69, 9.17) is 4.74 Å². The second kappa shape index (κ2) is 9.19. The SMILES string of the molecule is CCc1ccc(N2C(=O)C(=O)/C(=C(\O)c3ccc([N+](=O)[O-])cc3)C2c2cccc(OC)c2)cc1. The number of nitro benzene ring substituents is 1. The minimum atomic E-state index is -0.919. The molecule has 1 aliphatic rings. The van der Waals surface area contributed by atoms with E-state index in [0.717, 1.165) is 12.0 Å². The number of Topliss-reactive ketones (excluding diaryl/α,β-unsaturated/α-hetero) is 1. The fraction of sp³-hybridized carbons (Fsp3) is 0.154. The number of hydrogen-bond donors (Lipinski definition) is 1. The predicted octanol–water partition coefficient (Wildman–Crippen LogP) is 4.79. The molecule has 0 aliphatic carbocycles. The quantitative estimate of drug-likeness (QED) is 0.187. The molecule has 4 rings (SSSR count). The van der Waals surface area contributed by atoms with Gasteiger partial charge in [0, 0.05) is 23.4 Å². The highest BCUT2D eigenvalue weighted by Gasteiger charge is 2.47. The number of aryl methyl sites for hydroxylation is 1. The lowest BCUT2D eigenvalue weighted by Gasteiger charge is -2.26. The summed E-state index contributed by atoms with van der Waals surface area (Å²) in [5, 5.41) is 22.1. The van der Waals surface area contributed by atoms with Crippen LogP contribution in [-0.4, -0.2) is 28.8 Å². The number of anilines is 1. The molecule has 0 aromatic heterocycles. The summed E-state index contributed by atoms with van der Waals surface area (Å²) in [6, 6.07) is 18.5. The molecule has 1 saturated heterocycles. The number of aliphatic hydroxyl groups is 1. The van der Waals surface area contributed by atoms with E-state index in [1.54, 1.807) is 36.4 Å². The van der Waals surface area contributed by atoms with Gasteiger partial charge in [-0.05, 0) is 53.9 Å². The topological polar surface area (TPSA) is 110 Å². The van der Waals surface area contributed by atoms with Gasteiger partial charge in [-0.15, -0.1) is 0 Å². The van der Waals surface area contributed by atoms with Crippen molar-refractivity contribution in [2.45, 2.75) is 19.4 Å². The largest absolute Gasteiger partial charge is 0.507 e. The van der Waals surface area contributed by atoms with Crippen LogP contribution in [0.5, 0.6) is 5.75 Å². The molecular weight excluding hydrogens is 436 g/mol. The number of carbonyl (C=O) groups excluding carboxylic acids is 2. The van der Waals surface area contributed by atoms with Gasteiger partial charge >= 0.3 is 0 Å². The van der Waals surface area contributed by atoms with E-state index >= 15 is 0 Å². The number of ether oxygens (including phenoxy) is 1. The van der Waals surface area contributed by atoms with E-state index in [2.05, 4.69) is 0 Å². The van der Waals surface area contributed by atoms with Crippen molar-refractivity contribution < 1.29 is 24.4 Å². The molecule has 0 spiro atoms. The molecule has 1 amide bonds. The normalized spacial score (nSPS) is 17.1. The third kappa shape index (κ3) is 4.01. The average Bonchev–Trinajstić information content (AvgIpc) is 3.14. The maximum Gasteiger partial charge on any atom is 0.300 e. The van der Waals surface area contributed by atoms with Gasteiger partial charge in [0.15, 0.2) is 0 Å². The standard InChI is InChI=1S/C26H22N2O6/c1-3-16-7-11-19(12-8-16)27-23(18-5-4-6-21(15-18)34-2)22(25(30)26(27)31)24(29)17-9-13-20(14-10-17)28(32)33/h4-15,23,29H,3H2,1-2H3/b24-22-. The molecule has 172 valence electrons. The predicted molar refractivity (Wildman–Crippen MR) is 127 cm³/mol. The average molecular weight is 458 g/mol. The third-order valence-electron chi connectivity index (χ3n) is 5.83. The van der Waals surface area contributed by atoms with Gasteiger partial charge in [0.1, 0.15) is 11.5 Å². The summed E-state index contributed by atoms with van der Waals surface area (Å²) in [6.45, 7) is 2.02. The lowest BCUT2D eigenvalue weighted by atomic mass is 9.95. The summed E-state index contributed by atoms with van der Waals surface area (Å²) in [6.07, 6.45) is 0.818. The van der Waals surface area contributed by atoms with E-state index in [1.807, 2.05) is 19.1 Å². The first-order valence-electron chi connectivity index (χ1n) is 10.6. The molecule has 0 radical (unpaired) electrons. The van der Waals surface area contributed by atoms with Crippen LogP contribution < -0.4 is 9.64 Å². The number of amides is 1. The van der Waals surface area contributed by atoms with Crippen LogP contribution in [0.15, 0.2) is 78.4 Å². The number of carbonyl (C=O) groups is 2. The number of benzene rings is 3. The van der Waals surface area contributed by atoms with Crippen molar-refractivity contribution in [2.24, 2.45) is 0 Å². The van der Waals surface area contributed by atoms with E-state index < -0.39 is 28.4 Å². The van der Waals surface area contributed by atoms with Gasteiger partial charge in [-0.2, -0.15) is 0 Å². The number of nitro groups is 1. The Morgan fingerprint density at radius 1 is 1.06 bits per heavy atom. The summed E-state index contributed by atoms with van der Waals surface area (Å²) < 4.78 is 5.32. The maximum atomic E-state index is 13.2. The molecule has 34 heavy (non-hydrogen) atoms. The van der Waals surface area contributed by atoms with E-state index in [9.17, 15) is 24.8 Å². The second-order valence-electron chi connectivity index (χ2n) is 7.77. The third-order valence-corrected chi connectivity index (χ3v) is 5.83. The molecule has 1 heterocycles. The Kier molecular flexibility index (Phi) is 6.14. The van der Waals surface area contributed by atoms with Gasteiger partial charge in [-0.25, -0.2) is 0 Å².